The lowest BCUT2D eigenvalue weighted by Gasteiger charge is -2.31. The molecule has 2 bridgehead atoms. The first-order valence-corrected chi connectivity index (χ1v) is 9.58. The van der Waals surface area contributed by atoms with Crippen LogP contribution >= 0.6 is 0 Å². The summed E-state index contributed by atoms with van der Waals surface area (Å²) in [5, 5.41) is 23.3. The number of phenols is 1. The van der Waals surface area contributed by atoms with Crippen molar-refractivity contribution >= 4 is 16.8 Å². The van der Waals surface area contributed by atoms with Crippen LogP contribution in [0.2, 0.25) is 0 Å². The number of hydrogen-bond donors (Lipinski definition) is 2. The Morgan fingerprint density at radius 3 is 2.87 bits per heavy atom. The van der Waals surface area contributed by atoms with E-state index in [9.17, 15) is 13.9 Å². The number of piperidine rings is 1. The summed E-state index contributed by atoms with van der Waals surface area (Å²) in [4.78, 5) is 8.35. The highest BCUT2D eigenvalue weighted by Crippen LogP contribution is 2.42. The van der Waals surface area contributed by atoms with Gasteiger partial charge in [0.15, 0.2) is 5.82 Å². The van der Waals surface area contributed by atoms with E-state index >= 15 is 0 Å². The zero-order valence-electron chi connectivity index (χ0n) is 16.1. The molecule has 2 N–H and O–H groups in total. The molecule has 30 heavy (non-hydrogen) atoms. The van der Waals surface area contributed by atoms with Crippen LogP contribution in [0.1, 0.15) is 18.5 Å². The topological polar surface area (TPSA) is 93.1 Å². The Balaban J connectivity index is 1.45. The van der Waals surface area contributed by atoms with Gasteiger partial charge in [-0.1, -0.05) is 0 Å². The van der Waals surface area contributed by atoms with E-state index in [-0.39, 0.29) is 24.4 Å². The molecule has 0 spiro atoms. The van der Waals surface area contributed by atoms with Crippen LogP contribution in [0.5, 0.6) is 5.75 Å². The number of hydrogen-bond acceptors (Lipinski definition) is 7. The Hall–Kier alpha value is -3.04. The highest BCUT2D eigenvalue weighted by atomic mass is 19.3. The molecule has 9 heteroatoms. The number of alkyl halides is 2. The molecular formula is C21H19F2N5O2. The normalized spacial score (nSPS) is 26.4. The van der Waals surface area contributed by atoms with Gasteiger partial charge >= 0.3 is 0 Å². The number of fused-ring (bicyclic) bond motifs is 3. The maximum absolute atomic E-state index is 14.1. The first-order chi connectivity index (χ1) is 14.4. The van der Waals surface area contributed by atoms with E-state index in [4.69, 9.17) is 4.74 Å². The number of nitrogens with zero attached hydrogens (tertiary/aromatic N) is 4. The van der Waals surface area contributed by atoms with E-state index in [1.807, 2.05) is 6.07 Å². The summed E-state index contributed by atoms with van der Waals surface area (Å²) in [6, 6.07) is 3.88. The average molecular weight is 411 g/mol. The van der Waals surface area contributed by atoms with Gasteiger partial charge in [0.25, 0.3) is 5.92 Å². The number of pyridine rings is 1. The highest BCUT2D eigenvalue weighted by molar-refractivity contribution is 5.88. The van der Waals surface area contributed by atoms with Gasteiger partial charge in [-0.05, 0) is 41.7 Å². The molecule has 0 radical (unpaired) electrons. The van der Waals surface area contributed by atoms with E-state index < -0.39 is 24.1 Å². The predicted octanol–water partition coefficient (Wildman–Crippen LogP) is 2.96. The Kier molecular flexibility index (Phi) is 4.44. The molecule has 3 atom stereocenters. The molecule has 5 rings (SSSR count). The molecular weight excluding hydrogens is 392 g/mol. The SMILES string of the molecule is CO[C@@H]1/C(=C\c2cnc(-c3cc4ccncc4cc3O)nn2)CC2NC1CC2(F)F. The van der Waals surface area contributed by atoms with Crippen molar-refractivity contribution in [2.45, 2.75) is 37.0 Å². The quantitative estimate of drug-likeness (QED) is 0.684. The first kappa shape index (κ1) is 19.0. The third kappa shape index (κ3) is 3.20. The molecule has 4 heterocycles. The largest absolute Gasteiger partial charge is 0.507 e. The minimum atomic E-state index is -2.76. The molecule has 1 aromatic carbocycles. The molecule has 3 aromatic rings. The summed E-state index contributed by atoms with van der Waals surface area (Å²) in [6.07, 6.45) is 6.04. The van der Waals surface area contributed by atoms with Gasteiger partial charge in [-0.15, -0.1) is 10.2 Å². The van der Waals surface area contributed by atoms with Crippen molar-refractivity contribution in [3.8, 4) is 17.1 Å². The molecule has 0 aliphatic carbocycles. The Morgan fingerprint density at radius 1 is 1.23 bits per heavy atom. The third-order valence-corrected chi connectivity index (χ3v) is 5.75. The fourth-order valence-electron chi connectivity index (χ4n) is 4.31. The van der Waals surface area contributed by atoms with Crippen LogP contribution in [0.15, 0.2) is 42.4 Å². The van der Waals surface area contributed by atoms with Gasteiger partial charge in [0.1, 0.15) is 11.4 Å². The van der Waals surface area contributed by atoms with Gasteiger partial charge in [0, 0.05) is 37.4 Å². The number of benzene rings is 1. The van der Waals surface area contributed by atoms with Crippen LogP contribution in [0.4, 0.5) is 8.78 Å². The number of aromatic nitrogens is 4. The third-order valence-electron chi connectivity index (χ3n) is 5.75. The molecule has 2 unspecified atom stereocenters. The Morgan fingerprint density at radius 2 is 2.10 bits per heavy atom. The van der Waals surface area contributed by atoms with Gasteiger partial charge < -0.3 is 15.2 Å². The zero-order valence-corrected chi connectivity index (χ0v) is 16.1. The van der Waals surface area contributed by atoms with Crippen molar-refractivity contribution in [2.75, 3.05) is 7.11 Å². The lowest BCUT2D eigenvalue weighted by Crippen LogP contribution is -2.47. The zero-order chi connectivity index (χ0) is 20.9. The van der Waals surface area contributed by atoms with Gasteiger partial charge in [-0.25, -0.2) is 13.8 Å². The van der Waals surface area contributed by atoms with Crippen LogP contribution in [0.25, 0.3) is 28.2 Å². The molecule has 2 fully saturated rings. The second-order valence-electron chi connectivity index (χ2n) is 7.67. The van der Waals surface area contributed by atoms with E-state index in [2.05, 4.69) is 25.5 Å². The summed E-state index contributed by atoms with van der Waals surface area (Å²) < 4.78 is 33.7. The van der Waals surface area contributed by atoms with Crippen molar-refractivity contribution in [3.63, 3.8) is 0 Å². The lowest BCUT2D eigenvalue weighted by molar-refractivity contribution is -0.00999. The number of methoxy groups -OCH3 is 1. The maximum atomic E-state index is 14.1. The van der Waals surface area contributed by atoms with Crippen LogP contribution < -0.4 is 5.32 Å². The van der Waals surface area contributed by atoms with Crippen LogP contribution in [-0.4, -0.2) is 56.5 Å². The molecule has 154 valence electrons. The summed E-state index contributed by atoms with van der Waals surface area (Å²) in [5.74, 6) is -2.46. The van der Waals surface area contributed by atoms with Crippen LogP contribution in [0, 0.1) is 0 Å². The van der Waals surface area contributed by atoms with Crippen LogP contribution in [-0.2, 0) is 4.74 Å². The molecule has 7 nitrogen and oxygen atoms in total. The van der Waals surface area contributed by atoms with E-state index in [0.717, 1.165) is 16.3 Å². The fourth-order valence-corrected chi connectivity index (χ4v) is 4.31. The highest BCUT2D eigenvalue weighted by Gasteiger charge is 2.54. The minimum absolute atomic E-state index is 0.0278. The van der Waals surface area contributed by atoms with E-state index in [1.54, 1.807) is 30.6 Å². The minimum Gasteiger partial charge on any atom is -0.507 e. The maximum Gasteiger partial charge on any atom is 0.265 e. The van der Waals surface area contributed by atoms with E-state index in [1.165, 1.54) is 13.3 Å². The standard InChI is InChI=1S/C21H19F2N5O2/c1-30-19-12(7-18-21(22,23)8-16(19)26-18)4-14-10-25-20(28-27-14)15-5-11-2-3-24-9-13(11)6-17(15)29/h2-6,9-10,16,18-19,26,29H,7-8H2,1H3/b12-4-/t16?,18?,19-/m1/s1. The average Bonchev–Trinajstić information content (AvgIpc) is 2.97. The first-order valence-electron chi connectivity index (χ1n) is 9.58. The van der Waals surface area contributed by atoms with Crippen molar-refractivity contribution in [1.29, 1.82) is 0 Å². The van der Waals surface area contributed by atoms with Crippen molar-refractivity contribution in [2.24, 2.45) is 0 Å². The summed E-state index contributed by atoms with van der Waals surface area (Å²) in [7, 11) is 1.52. The second-order valence-corrected chi connectivity index (χ2v) is 7.67. The molecule has 2 saturated heterocycles. The number of rotatable bonds is 3. The Bertz CT molecular complexity index is 1140. The lowest BCUT2D eigenvalue weighted by atomic mass is 9.94. The predicted molar refractivity (Wildman–Crippen MR) is 106 cm³/mol. The van der Waals surface area contributed by atoms with Gasteiger partial charge in [0.05, 0.1) is 23.9 Å². The smallest absolute Gasteiger partial charge is 0.265 e. The molecule has 2 aliphatic rings. The number of aromatic hydroxyl groups is 1. The molecule has 0 amide bonds. The van der Waals surface area contributed by atoms with Gasteiger partial charge in [-0.3, -0.25) is 4.98 Å². The number of phenolic OH excluding ortho intramolecular Hbond substituents is 1. The van der Waals surface area contributed by atoms with Crippen molar-refractivity contribution in [1.82, 2.24) is 25.5 Å². The summed E-state index contributed by atoms with van der Waals surface area (Å²) in [5.41, 5.74) is 1.65. The van der Waals surface area contributed by atoms with E-state index in [0.29, 0.717) is 11.3 Å². The van der Waals surface area contributed by atoms with Crippen LogP contribution in [0.3, 0.4) is 0 Å². The molecule has 2 aliphatic heterocycles. The number of halogens is 2. The van der Waals surface area contributed by atoms with Crippen molar-refractivity contribution in [3.05, 3.63) is 48.1 Å². The van der Waals surface area contributed by atoms with Gasteiger partial charge in [0.2, 0.25) is 0 Å². The summed E-state index contributed by atoms with van der Waals surface area (Å²) >= 11 is 0. The number of nitrogens with one attached hydrogen (secondary N) is 1. The monoisotopic (exact) mass is 411 g/mol. The molecule has 0 saturated carbocycles. The van der Waals surface area contributed by atoms with Gasteiger partial charge in [-0.2, -0.15) is 0 Å². The number of ether oxygens (including phenoxy) is 1. The fraction of sp³-hybridized carbons (Fsp3) is 0.333. The second kappa shape index (κ2) is 7.03. The summed E-state index contributed by atoms with van der Waals surface area (Å²) in [6.45, 7) is 0. The molecule has 2 aromatic heterocycles. The Labute approximate surface area is 170 Å². The van der Waals surface area contributed by atoms with Crippen molar-refractivity contribution < 1.29 is 18.6 Å².